The number of nitrogens with zero attached hydrogens (tertiary/aromatic N) is 4. The van der Waals surface area contributed by atoms with E-state index in [2.05, 4.69) is 43.1 Å². The first kappa shape index (κ1) is 21.4. The van der Waals surface area contributed by atoms with Crippen LogP contribution in [0.4, 0.5) is 5.69 Å². The van der Waals surface area contributed by atoms with Gasteiger partial charge in [-0.3, -0.25) is 4.79 Å². The minimum Gasteiger partial charge on any atom is -0.485 e. The fourth-order valence-electron chi connectivity index (χ4n) is 3.87. The number of rotatable bonds is 7. The maximum absolute atomic E-state index is 12.9. The van der Waals surface area contributed by atoms with E-state index in [1.54, 1.807) is 0 Å². The zero-order chi connectivity index (χ0) is 21.8. The van der Waals surface area contributed by atoms with Crippen molar-refractivity contribution in [3.8, 4) is 5.75 Å². The number of carbonyl (C=O) groups excluding carboxylic acids is 1. The average molecular weight is 437 g/mol. The highest BCUT2D eigenvalue weighted by atomic mass is 32.2. The van der Waals surface area contributed by atoms with Crippen LogP contribution in [0, 0.1) is 13.8 Å². The Hall–Kier alpha value is -2.80. The first-order chi connectivity index (χ1) is 15.1. The summed E-state index contributed by atoms with van der Waals surface area (Å²) in [7, 11) is 0. The van der Waals surface area contributed by atoms with Gasteiger partial charge < -0.3 is 14.2 Å². The first-order valence-electron chi connectivity index (χ1n) is 10.7. The molecule has 0 saturated heterocycles. The van der Waals surface area contributed by atoms with Gasteiger partial charge >= 0.3 is 0 Å². The van der Waals surface area contributed by atoms with E-state index >= 15 is 0 Å². The van der Waals surface area contributed by atoms with Crippen molar-refractivity contribution in [2.75, 3.05) is 17.2 Å². The van der Waals surface area contributed by atoms with Gasteiger partial charge in [0.25, 0.3) is 0 Å². The Morgan fingerprint density at radius 2 is 1.97 bits per heavy atom. The second-order valence-electron chi connectivity index (χ2n) is 7.70. The van der Waals surface area contributed by atoms with E-state index in [1.807, 2.05) is 39.8 Å². The van der Waals surface area contributed by atoms with E-state index in [1.165, 1.54) is 22.9 Å². The van der Waals surface area contributed by atoms with Crippen molar-refractivity contribution in [1.29, 1.82) is 0 Å². The third kappa shape index (κ3) is 4.61. The quantitative estimate of drug-likeness (QED) is 0.508. The summed E-state index contributed by atoms with van der Waals surface area (Å²) in [6, 6.07) is 14.2. The lowest BCUT2D eigenvalue weighted by Gasteiger charge is -2.29. The van der Waals surface area contributed by atoms with Crippen LogP contribution in [0.2, 0.25) is 0 Å². The molecule has 0 atom stereocenters. The number of carbonyl (C=O) groups is 1. The molecule has 162 valence electrons. The van der Waals surface area contributed by atoms with Crippen molar-refractivity contribution in [2.45, 2.75) is 51.9 Å². The first-order valence-corrected chi connectivity index (χ1v) is 11.7. The molecule has 0 fully saturated rings. The molecular weight excluding hydrogens is 408 g/mol. The molecule has 0 aliphatic carbocycles. The number of ether oxygens (including phenoxy) is 1. The Morgan fingerprint density at radius 1 is 1.13 bits per heavy atom. The van der Waals surface area contributed by atoms with Crippen LogP contribution >= 0.6 is 11.8 Å². The number of anilines is 1. The van der Waals surface area contributed by atoms with Gasteiger partial charge in [0, 0.05) is 18.8 Å². The van der Waals surface area contributed by atoms with Gasteiger partial charge in [0.15, 0.2) is 11.0 Å². The zero-order valence-corrected chi connectivity index (χ0v) is 19.1. The SMILES string of the molecule is CCn1c(COc2cccc(C)c2C)nnc1SCC(=O)N1CCCc2ccccc21. The number of amides is 1. The molecule has 3 aromatic rings. The standard InChI is InChI=1S/C24H28N4O2S/c1-4-27-22(15-30-21-13-7-9-17(2)18(21)3)25-26-24(27)31-16-23(29)28-14-8-11-19-10-5-6-12-20(19)28/h5-7,9-10,12-13H,4,8,11,14-16H2,1-3H3. The maximum atomic E-state index is 12.9. The fourth-order valence-corrected chi connectivity index (χ4v) is 4.77. The van der Waals surface area contributed by atoms with E-state index in [0.29, 0.717) is 12.4 Å². The minimum absolute atomic E-state index is 0.107. The number of fused-ring (bicyclic) bond motifs is 1. The Labute approximate surface area is 187 Å². The van der Waals surface area contributed by atoms with Crippen LogP contribution in [0.1, 0.15) is 35.9 Å². The van der Waals surface area contributed by atoms with Crippen LogP contribution in [0.25, 0.3) is 0 Å². The van der Waals surface area contributed by atoms with Crippen molar-refractivity contribution in [1.82, 2.24) is 14.8 Å². The lowest BCUT2D eigenvalue weighted by Crippen LogP contribution is -2.36. The Bertz CT molecular complexity index is 1080. The van der Waals surface area contributed by atoms with Gasteiger partial charge in [0.1, 0.15) is 12.4 Å². The highest BCUT2D eigenvalue weighted by Gasteiger charge is 2.23. The van der Waals surface area contributed by atoms with Gasteiger partial charge in [0.2, 0.25) is 5.91 Å². The summed E-state index contributed by atoms with van der Waals surface area (Å²) in [5.41, 5.74) is 4.61. The number of hydrogen-bond donors (Lipinski definition) is 0. The number of thioether (sulfide) groups is 1. The largest absolute Gasteiger partial charge is 0.485 e. The smallest absolute Gasteiger partial charge is 0.237 e. The van der Waals surface area contributed by atoms with Crippen molar-refractivity contribution in [3.05, 3.63) is 65.0 Å². The average Bonchev–Trinajstić information content (AvgIpc) is 3.19. The summed E-state index contributed by atoms with van der Waals surface area (Å²) in [6.45, 7) is 8.02. The molecular formula is C24H28N4O2S. The molecule has 0 radical (unpaired) electrons. The molecule has 2 heterocycles. The summed E-state index contributed by atoms with van der Waals surface area (Å²) < 4.78 is 8.03. The molecule has 1 aliphatic heterocycles. The predicted octanol–water partition coefficient (Wildman–Crippen LogP) is 4.57. The third-order valence-corrected chi connectivity index (χ3v) is 6.71. The Kier molecular flexibility index (Phi) is 6.61. The molecule has 4 rings (SSSR count). The molecule has 0 spiro atoms. The number of para-hydroxylation sites is 1. The van der Waals surface area contributed by atoms with E-state index in [-0.39, 0.29) is 5.91 Å². The van der Waals surface area contributed by atoms with E-state index in [0.717, 1.165) is 53.9 Å². The van der Waals surface area contributed by atoms with E-state index in [4.69, 9.17) is 4.74 Å². The second-order valence-corrected chi connectivity index (χ2v) is 8.64. The summed E-state index contributed by atoms with van der Waals surface area (Å²) >= 11 is 1.44. The highest BCUT2D eigenvalue weighted by Crippen LogP contribution is 2.28. The van der Waals surface area contributed by atoms with Gasteiger partial charge in [-0.2, -0.15) is 0 Å². The van der Waals surface area contributed by atoms with Crippen molar-refractivity contribution < 1.29 is 9.53 Å². The van der Waals surface area contributed by atoms with Crippen LogP contribution in [0.15, 0.2) is 47.6 Å². The number of aromatic nitrogens is 3. The molecule has 2 aromatic carbocycles. The molecule has 0 saturated carbocycles. The summed E-state index contributed by atoms with van der Waals surface area (Å²) in [4.78, 5) is 14.8. The second kappa shape index (κ2) is 9.56. The van der Waals surface area contributed by atoms with E-state index in [9.17, 15) is 4.79 Å². The summed E-state index contributed by atoms with van der Waals surface area (Å²) in [5, 5.41) is 9.40. The molecule has 6 nitrogen and oxygen atoms in total. The summed E-state index contributed by atoms with van der Waals surface area (Å²) in [6.07, 6.45) is 2.03. The predicted molar refractivity (Wildman–Crippen MR) is 124 cm³/mol. The Morgan fingerprint density at radius 3 is 2.81 bits per heavy atom. The van der Waals surface area contributed by atoms with Crippen LogP contribution in [0.5, 0.6) is 5.75 Å². The normalized spacial score (nSPS) is 13.2. The van der Waals surface area contributed by atoms with Crippen LogP contribution in [-0.2, 0) is 24.4 Å². The Balaban J connectivity index is 1.41. The number of hydrogen-bond acceptors (Lipinski definition) is 5. The van der Waals surface area contributed by atoms with Crippen molar-refractivity contribution >= 4 is 23.4 Å². The van der Waals surface area contributed by atoms with Crippen LogP contribution < -0.4 is 9.64 Å². The van der Waals surface area contributed by atoms with Gasteiger partial charge in [-0.25, -0.2) is 0 Å². The molecule has 7 heteroatoms. The minimum atomic E-state index is 0.107. The number of benzene rings is 2. The van der Waals surface area contributed by atoms with Crippen LogP contribution in [-0.4, -0.2) is 33.0 Å². The monoisotopic (exact) mass is 436 g/mol. The molecule has 0 unspecified atom stereocenters. The molecule has 0 N–H and O–H groups in total. The topological polar surface area (TPSA) is 60.2 Å². The van der Waals surface area contributed by atoms with Gasteiger partial charge in [-0.1, -0.05) is 42.1 Å². The van der Waals surface area contributed by atoms with Gasteiger partial charge in [0.05, 0.1) is 5.75 Å². The van der Waals surface area contributed by atoms with Gasteiger partial charge in [-0.15, -0.1) is 10.2 Å². The van der Waals surface area contributed by atoms with Crippen molar-refractivity contribution in [2.24, 2.45) is 0 Å². The number of aryl methyl sites for hydroxylation is 2. The third-order valence-electron chi connectivity index (χ3n) is 5.76. The molecule has 1 amide bonds. The lowest BCUT2D eigenvalue weighted by molar-refractivity contribution is -0.116. The van der Waals surface area contributed by atoms with Crippen molar-refractivity contribution in [3.63, 3.8) is 0 Å². The molecule has 31 heavy (non-hydrogen) atoms. The molecule has 1 aromatic heterocycles. The molecule has 1 aliphatic rings. The highest BCUT2D eigenvalue weighted by molar-refractivity contribution is 7.99. The van der Waals surface area contributed by atoms with E-state index < -0.39 is 0 Å². The molecule has 0 bridgehead atoms. The lowest BCUT2D eigenvalue weighted by atomic mass is 10.0. The maximum Gasteiger partial charge on any atom is 0.237 e. The fraction of sp³-hybridized carbons (Fsp3) is 0.375. The zero-order valence-electron chi connectivity index (χ0n) is 18.3. The van der Waals surface area contributed by atoms with Crippen LogP contribution in [0.3, 0.4) is 0 Å². The summed E-state index contributed by atoms with van der Waals surface area (Å²) in [5.74, 6) is 2.07. The van der Waals surface area contributed by atoms with Gasteiger partial charge in [-0.05, 0) is 62.4 Å².